The molecule has 112 valence electrons. The summed E-state index contributed by atoms with van der Waals surface area (Å²) in [6.07, 6.45) is 3.40. The number of Topliss-reactive ketones (excluding diaryl/α,β-unsaturated/α-hetero) is 1. The second-order valence-electron chi connectivity index (χ2n) is 7.85. The van der Waals surface area contributed by atoms with E-state index in [0.717, 1.165) is 19.3 Å². The molecule has 1 aromatic carbocycles. The minimum absolute atomic E-state index is 0.260. The molecular weight excluding hydrogens is 258 g/mol. The highest BCUT2D eigenvalue weighted by molar-refractivity contribution is 5.79. The number of rotatable bonds is 1. The molecule has 2 aliphatic carbocycles. The smallest absolute Gasteiger partial charge is 0.134 e. The van der Waals surface area contributed by atoms with Gasteiger partial charge >= 0.3 is 0 Å². The van der Waals surface area contributed by atoms with Crippen LogP contribution < -0.4 is 0 Å². The number of carbonyl (C=O) groups excluding carboxylic acids is 1. The fourth-order valence-corrected chi connectivity index (χ4v) is 5.66. The molecule has 2 nitrogen and oxygen atoms in total. The summed E-state index contributed by atoms with van der Waals surface area (Å²) in [7, 11) is 2.25. The molecule has 3 fully saturated rings. The van der Waals surface area contributed by atoms with E-state index in [1.807, 2.05) is 0 Å². The van der Waals surface area contributed by atoms with Crippen molar-refractivity contribution in [3.63, 3.8) is 0 Å². The Kier molecular flexibility index (Phi) is 2.70. The molecule has 2 heteroatoms. The SMILES string of the molecule is CC(=O)C1CC2C3Cc4cc(C)ccc4[C@]2(C)CC1N3C. The number of hydrogen-bond acceptors (Lipinski definition) is 2. The molecule has 0 N–H and O–H groups in total. The van der Waals surface area contributed by atoms with Crippen LogP contribution in [0, 0.1) is 18.8 Å². The number of piperidine rings is 2. The summed E-state index contributed by atoms with van der Waals surface area (Å²) in [5.74, 6) is 1.29. The number of benzene rings is 1. The van der Waals surface area contributed by atoms with E-state index < -0.39 is 0 Å². The molecule has 21 heavy (non-hydrogen) atoms. The van der Waals surface area contributed by atoms with Crippen LogP contribution in [-0.2, 0) is 16.6 Å². The minimum Gasteiger partial charge on any atom is -0.300 e. The third-order valence-electron chi connectivity index (χ3n) is 6.76. The maximum Gasteiger partial charge on any atom is 0.134 e. The van der Waals surface area contributed by atoms with Gasteiger partial charge < -0.3 is 0 Å². The lowest BCUT2D eigenvalue weighted by atomic mass is 9.49. The predicted molar refractivity (Wildman–Crippen MR) is 84.5 cm³/mol. The lowest BCUT2D eigenvalue weighted by Crippen LogP contribution is -2.68. The van der Waals surface area contributed by atoms with Gasteiger partial charge in [-0.2, -0.15) is 0 Å². The van der Waals surface area contributed by atoms with Gasteiger partial charge in [0.25, 0.3) is 0 Å². The molecule has 2 aliphatic heterocycles. The number of fused-ring (bicyclic) bond motifs is 2. The molecular formula is C19H25NO. The van der Waals surface area contributed by atoms with Gasteiger partial charge in [-0.05, 0) is 62.6 Å². The van der Waals surface area contributed by atoms with E-state index >= 15 is 0 Å². The Morgan fingerprint density at radius 1 is 1.33 bits per heavy atom. The van der Waals surface area contributed by atoms with Crippen LogP contribution in [0.15, 0.2) is 18.2 Å². The summed E-state index contributed by atoms with van der Waals surface area (Å²) >= 11 is 0. The molecule has 1 saturated carbocycles. The van der Waals surface area contributed by atoms with Gasteiger partial charge in [0.15, 0.2) is 0 Å². The zero-order valence-corrected chi connectivity index (χ0v) is 13.5. The second-order valence-corrected chi connectivity index (χ2v) is 7.85. The maximum atomic E-state index is 12.0. The third-order valence-corrected chi connectivity index (χ3v) is 6.76. The molecule has 4 bridgehead atoms. The molecule has 1 aromatic rings. The number of ketones is 1. The molecule has 2 saturated heterocycles. The Morgan fingerprint density at radius 3 is 2.81 bits per heavy atom. The zero-order valence-electron chi connectivity index (χ0n) is 13.5. The summed E-state index contributed by atoms with van der Waals surface area (Å²) in [6, 6.07) is 8.08. The Bertz CT molecular complexity index is 622. The molecule has 4 unspecified atom stereocenters. The highest BCUT2D eigenvalue weighted by Crippen LogP contribution is 2.57. The van der Waals surface area contributed by atoms with Crippen LogP contribution in [0.4, 0.5) is 0 Å². The third kappa shape index (κ3) is 1.66. The molecule has 0 aromatic heterocycles. The maximum absolute atomic E-state index is 12.0. The van der Waals surface area contributed by atoms with Crippen molar-refractivity contribution < 1.29 is 4.79 Å². The van der Waals surface area contributed by atoms with E-state index in [1.165, 1.54) is 5.56 Å². The number of likely N-dealkylation sites (N-methyl/N-ethyl adjacent to an activating group) is 1. The fourth-order valence-electron chi connectivity index (χ4n) is 5.66. The molecule has 5 atom stereocenters. The fraction of sp³-hybridized carbons (Fsp3) is 0.632. The highest BCUT2D eigenvalue weighted by atomic mass is 16.1. The first-order valence-electron chi connectivity index (χ1n) is 8.24. The van der Waals surface area contributed by atoms with Crippen molar-refractivity contribution in [2.45, 2.75) is 57.5 Å². The topological polar surface area (TPSA) is 20.3 Å². The average Bonchev–Trinajstić information content (AvgIpc) is 2.42. The van der Waals surface area contributed by atoms with Crippen LogP contribution >= 0.6 is 0 Å². The Balaban J connectivity index is 1.83. The van der Waals surface area contributed by atoms with E-state index in [-0.39, 0.29) is 11.3 Å². The summed E-state index contributed by atoms with van der Waals surface area (Å²) in [6.45, 7) is 6.43. The van der Waals surface area contributed by atoms with E-state index in [2.05, 4.69) is 44.0 Å². The van der Waals surface area contributed by atoms with Crippen LogP contribution in [0.3, 0.4) is 0 Å². The molecule has 5 rings (SSSR count). The predicted octanol–water partition coefficient (Wildman–Crippen LogP) is 3.11. The van der Waals surface area contributed by atoms with Crippen molar-refractivity contribution in [2.24, 2.45) is 11.8 Å². The zero-order chi connectivity index (χ0) is 14.9. The van der Waals surface area contributed by atoms with Gasteiger partial charge in [0.05, 0.1) is 0 Å². The van der Waals surface area contributed by atoms with Crippen molar-refractivity contribution in [3.8, 4) is 0 Å². The average molecular weight is 283 g/mol. The highest BCUT2D eigenvalue weighted by Gasteiger charge is 2.59. The Hall–Kier alpha value is -1.15. The largest absolute Gasteiger partial charge is 0.300 e. The van der Waals surface area contributed by atoms with Crippen molar-refractivity contribution >= 4 is 5.78 Å². The first kappa shape index (κ1) is 13.5. The van der Waals surface area contributed by atoms with Crippen LogP contribution in [0.5, 0.6) is 0 Å². The van der Waals surface area contributed by atoms with Gasteiger partial charge in [-0.25, -0.2) is 0 Å². The molecule has 0 spiro atoms. The minimum atomic E-state index is 0.260. The van der Waals surface area contributed by atoms with Gasteiger partial charge in [0, 0.05) is 18.0 Å². The van der Waals surface area contributed by atoms with Crippen LogP contribution in [0.1, 0.15) is 43.4 Å². The van der Waals surface area contributed by atoms with Gasteiger partial charge in [-0.15, -0.1) is 0 Å². The van der Waals surface area contributed by atoms with Gasteiger partial charge in [0.1, 0.15) is 5.78 Å². The molecule has 0 radical (unpaired) electrons. The normalized spacial score (nSPS) is 41.0. The van der Waals surface area contributed by atoms with Crippen molar-refractivity contribution in [1.29, 1.82) is 0 Å². The summed E-state index contributed by atoms with van der Waals surface area (Å²) in [5.41, 5.74) is 4.75. The van der Waals surface area contributed by atoms with E-state index in [0.29, 0.717) is 23.8 Å². The number of aryl methyl sites for hydroxylation is 1. The standard InChI is InChI=1S/C19H25NO/c1-11-5-6-15-13(7-11)8-17-16-9-14(12(2)21)18(20(17)4)10-19(15,16)3/h5-7,14,16-18H,8-10H2,1-4H3/t14?,16?,17?,18?,19-/m0/s1. The Labute approximate surface area is 127 Å². The first-order chi connectivity index (χ1) is 9.91. The Morgan fingerprint density at radius 2 is 2.10 bits per heavy atom. The molecule has 2 heterocycles. The van der Waals surface area contributed by atoms with Gasteiger partial charge in [-0.3, -0.25) is 9.69 Å². The van der Waals surface area contributed by atoms with Gasteiger partial charge in [-0.1, -0.05) is 30.7 Å². The van der Waals surface area contributed by atoms with Crippen molar-refractivity contribution in [1.82, 2.24) is 4.90 Å². The lowest BCUT2D eigenvalue weighted by molar-refractivity contribution is -0.137. The summed E-state index contributed by atoms with van der Waals surface area (Å²) in [4.78, 5) is 14.6. The summed E-state index contributed by atoms with van der Waals surface area (Å²) < 4.78 is 0. The van der Waals surface area contributed by atoms with Crippen LogP contribution in [0.25, 0.3) is 0 Å². The number of carbonyl (C=O) groups is 1. The van der Waals surface area contributed by atoms with Crippen LogP contribution in [0.2, 0.25) is 0 Å². The number of nitrogens with zero attached hydrogens (tertiary/aromatic N) is 1. The monoisotopic (exact) mass is 283 g/mol. The lowest BCUT2D eigenvalue weighted by Gasteiger charge is -2.64. The first-order valence-corrected chi connectivity index (χ1v) is 8.24. The van der Waals surface area contributed by atoms with Crippen molar-refractivity contribution in [3.05, 3.63) is 34.9 Å². The van der Waals surface area contributed by atoms with E-state index in [4.69, 9.17) is 0 Å². The van der Waals surface area contributed by atoms with Crippen LogP contribution in [-0.4, -0.2) is 29.8 Å². The number of hydrogen-bond donors (Lipinski definition) is 0. The quantitative estimate of drug-likeness (QED) is 0.789. The van der Waals surface area contributed by atoms with Crippen molar-refractivity contribution in [2.75, 3.05) is 7.05 Å². The summed E-state index contributed by atoms with van der Waals surface area (Å²) in [5, 5.41) is 0. The van der Waals surface area contributed by atoms with E-state index in [9.17, 15) is 4.79 Å². The van der Waals surface area contributed by atoms with Gasteiger partial charge in [0.2, 0.25) is 0 Å². The second kappa shape index (κ2) is 4.19. The molecule has 4 aliphatic rings. The van der Waals surface area contributed by atoms with E-state index in [1.54, 1.807) is 18.1 Å². The molecule has 0 amide bonds.